The first-order valence-electron chi connectivity index (χ1n) is 9.08. The molecule has 0 aromatic carbocycles. The molecule has 0 spiro atoms. The van der Waals surface area contributed by atoms with Crippen molar-refractivity contribution in [1.82, 2.24) is 10.2 Å². The van der Waals surface area contributed by atoms with Crippen LogP contribution in [0, 0.1) is 0 Å². The van der Waals surface area contributed by atoms with E-state index in [1.165, 1.54) is 67.4 Å². The van der Waals surface area contributed by atoms with Gasteiger partial charge in [0.15, 0.2) is 10.3 Å². The average Bonchev–Trinajstić information content (AvgIpc) is 3.25. The second-order valence-electron chi connectivity index (χ2n) is 7.25. The van der Waals surface area contributed by atoms with E-state index in [0.717, 1.165) is 5.75 Å². The van der Waals surface area contributed by atoms with Gasteiger partial charge in [0.05, 0.1) is 24.2 Å². The molecule has 0 unspecified atom stereocenters. The zero-order valence-corrected chi connectivity index (χ0v) is 15.0. The van der Waals surface area contributed by atoms with Gasteiger partial charge in [-0.15, -0.1) is 0 Å². The molecule has 1 N–H and O–H groups in total. The van der Waals surface area contributed by atoms with Crippen LogP contribution in [-0.2, 0) is 0 Å². The highest BCUT2D eigenvalue weighted by molar-refractivity contribution is 8.17. The summed E-state index contributed by atoms with van der Waals surface area (Å²) in [6.07, 6.45) is 10.6. The highest BCUT2D eigenvalue weighted by Crippen LogP contribution is 2.41. The van der Waals surface area contributed by atoms with Crippen molar-refractivity contribution in [3.8, 4) is 0 Å². The molecular weight excluding hydrogens is 324 g/mol. The summed E-state index contributed by atoms with van der Waals surface area (Å²) in [5, 5.41) is 8.42. The molecule has 2 saturated carbocycles. The summed E-state index contributed by atoms with van der Waals surface area (Å²) in [5.41, 5.74) is 1.45. The van der Waals surface area contributed by atoms with Crippen LogP contribution in [0.3, 0.4) is 0 Å². The predicted molar refractivity (Wildman–Crippen MR) is 100 cm³/mol. The van der Waals surface area contributed by atoms with Crippen LogP contribution in [0.4, 0.5) is 0 Å². The third-order valence-corrected chi connectivity index (χ3v) is 7.64. The van der Waals surface area contributed by atoms with Crippen LogP contribution in [0.25, 0.3) is 0 Å². The Kier molecular flexibility index (Phi) is 3.85. The molecule has 3 heterocycles. The van der Waals surface area contributed by atoms with Gasteiger partial charge in [-0.2, -0.15) is 0 Å². The van der Waals surface area contributed by atoms with E-state index < -0.39 is 0 Å². The summed E-state index contributed by atoms with van der Waals surface area (Å²) in [4.78, 5) is 12.4. The van der Waals surface area contributed by atoms with Gasteiger partial charge in [0.25, 0.3) is 0 Å². The fraction of sp³-hybridized carbons (Fsp3) is 0.765. The Labute approximate surface area is 146 Å². The lowest BCUT2D eigenvalue weighted by molar-refractivity contribution is 0.285. The van der Waals surface area contributed by atoms with Crippen molar-refractivity contribution in [3.05, 3.63) is 11.1 Å². The number of aliphatic imine (C=N–C) groups is 2. The normalized spacial score (nSPS) is 38.3. The van der Waals surface area contributed by atoms with Gasteiger partial charge >= 0.3 is 0 Å². The van der Waals surface area contributed by atoms with Crippen molar-refractivity contribution >= 4 is 33.9 Å². The Balaban J connectivity index is 1.23. The monoisotopic (exact) mass is 348 g/mol. The average molecular weight is 349 g/mol. The molecule has 0 aromatic rings. The van der Waals surface area contributed by atoms with Gasteiger partial charge in [-0.3, -0.25) is 9.98 Å². The molecule has 6 heteroatoms. The van der Waals surface area contributed by atoms with Gasteiger partial charge in [0.2, 0.25) is 0 Å². The Morgan fingerprint density at radius 1 is 1.09 bits per heavy atom. The van der Waals surface area contributed by atoms with E-state index in [0.29, 0.717) is 24.2 Å². The number of nitrogens with zero attached hydrogens (tertiary/aromatic N) is 3. The van der Waals surface area contributed by atoms with Crippen LogP contribution in [0.5, 0.6) is 0 Å². The summed E-state index contributed by atoms with van der Waals surface area (Å²) in [7, 11) is 0. The maximum atomic E-state index is 4.96. The minimum Gasteiger partial charge on any atom is -0.360 e. The van der Waals surface area contributed by atoms with Crippen LogP contribution >= 0.6 is 23.5 Å². The van der Waals surface area contributed by atoms with Crippen LogP contribution in [-0.4, -0.2) is 45.2 Å². The molecule has 124 valence electrons. The highest BCUT2D eigenvalue weighted by Gasteiger charge is 2.41. The second kappa shape index (κ2) is 6.03. The molecule has 3 aliphatic heterocycles. The van der Waals surface area contributed by atoms with Gasteiger partial charge in [0, 0.05) is 11.4 Å². The number of rotatable bonds is 2. The lowest BCUT2D eigenvalue weighted by Gasteiger charge is -2.31. The molecule has 4 atom stereocenters. The number of thioether (sulfide) groups is 2. The molecule has 0 amide bonds. The van der Waals surface area contributed by atoms with Crippen LogP contribution in [0.2, 0.25) is 0 Å². The third kappa shape index (κ3) is 2.62. The third-order valence-electron chi connectivity index (χ3n) is 5.80. The SMILES string of the molecule is C1=C(CSC2=N[C@H]3CCCC[C@@H]3N2)N2C(=N[C@H]3CCCC[C@@H]32)S1. The lowest BCUT2D eigenvalue weighted by atomic mass is 9.91. The van der Waals surface area contributed by atoms with Crippen molar-refractivity contribution in [2.45, 2.75) is 75.5 Å². The fourth-order valence-electron chi connectivity index (χ4n) is 4.60. The molecule has 0 bridgehead atoms. The molecule has 0 radical (unpaired) electrons. The van der Waals surface area contributed by atoms with Gasteiger partial charge in [-0.25, -0.2) is 0 Å². The van der Waals surface area contributed by atoms with Crippen LogP contribution in [0.15, 0.2) is 21.1 Å². The summed E-state index contributed by atoms with van der Waals surface area (Å²) in [6.45, 7) is 0. The van der Waals surface area contributed by atoms with E-state index in [1.54, 1.807) is 0 Å². The maximum Gasteiger partial charge on any atom is 0.168 e. The largest absolute Gasteiger partial charge is 0.360 e. The van der Waals surface area contributed by atoms with Crippen molar-refractivity contribution in [1.29, 1.82) is 0 Å². The number of hydrogen-bond donors (Lipinski definition) is 1. The number of nitrogens with one attached hydrogen (secondary N) is 1. The van der Waals surface area contributed by atoms with E-state index in [1.807, 2.05) is 23.5 Å². The first kappa shape index (κ1) is 14.7. The molecule has 5 aliphatic rings. The molecule has 0 aromatic heterocycles. The van der Waals surface area contributed by atoms with Crippen LogP contribution < -0.4 is 5.32 Å². The minimum atomic E-state index is 0.546. The number of fused-ring (bicyclic) bond motifs is 4. The summed E-state index contributed by atoms with van der Waals surface area (Å²) >= 11 is 3.73. The van der Waals surface area contributed by atoms with Crippen molar-refractivity contribution in [2.75, 3.05) is 5.75 Å². The number of hydrogen-bond acceptors (Lipinski definition) is 6. The lowest BCUT2D eigenvalue weighted by Crippen LogP contribution is -2.39. The van der Waals surface area contributed by atoms with E-state index in [4.69, 9.17) is 9.98 Å². The Morgan fingerprint density at radius 3 is 2.83 bits per heavy atom. The van der Waals surface area contributed by atoms with Gasteiger partial charge < -0.3 is 10.2 Å². The van der Waals surface area contributed by atoms with Crippen LogP contribution in [0.1, 0.15) is 51.4 Å². The smallest absolute Gasteiger partial charge is 0.168 e. The molecule has 2 fully saturated rings. The zero-order valence-electron chi connectivity index (χ0n) is 13.4. The second-order valence-corrected chi connectivity index (χ2v) is 9.05. The molecule has 23 heavy (non-hydrogen) atoms. The molecule has 4 nitrogen and oxygen atoms in total. The van der Waals surface area contributed by atoms with E-state index in [-0.39, 0.29) is 0 Å². The Morgan fingerprint density at radius 2 is 1.91 bits per heavy atom. The minimum absolute atomic E-state index is 0.546. The summed E-state index contributed by atoms with van der Waals surface area (Å²) in [6, 6.07) is 2.36. The van der Waals surface area contributed by atoms with E-state index >= 15 is 0 Å². The standard InChI is InChI=1S/C17H24N4S2/c1-2-6-13-12(5-1)18-16(19-13)22-9-11-10-23-17-20-14-7-3-4-8-15(14)21(11)17/h10,12-15H,1-9H2,(H,18,19)/t12-,13-,14-,15-/m0/s1. The zero-order chi connectivity index (χ0) is 15.2. The van der Waals surface area contributed by atoms with Gasteiger partial charge in [0.1, 0.15) is 0 Å². The molecule has 2 aliphatic carbocycles. The quantitative estimate of drug-likeness (QED) is 0.828. The maximum absolute atomic E-state index is 4.96. The first-order chi connectivity index (χ1) is 11.4. The predicted octanol–water partition coefficient (Wildman–Crippen LogP) is 3.56. The van der Waals surface area contributed by atoms with Gasteiger partial charge in [-0.1, -0.05) is 49.2 Å². The van der Waals surface area contributed by atoms with E-state index in [9.17, 15) is 0 Å². The van der Waals surface area contributed by atoms with Crippen molar-refractivity contribution in [2.24, 2.45) is 9.98 Å². The topological polar surface area (TPSA) is 40.0 Å². The van der Waals surface area contributed by atoms with Crippen molar-refractivity contribution in [3.63, 3.8) is 0 Å². The Hall–Kier alpha value is -0.620. The Bertz CT molecular complexity index is 585. The highest BCUT2D eigenvalue weighted by atomic mass is 32.2. The van der Waals surface area contributed by atoms with Gasteiger partial charge in [-0.05, 0) is 31.1 Å². The summed E-state index contributed by atoms with van der Waals surface area (Å²) in [5.74, 6) is 1.03. The number of amidine groups is 2. The molecule has 0 saturated heterocycles. The molecule has 5 rings (SSSR count). The summed E-state index contributed by atoms with van der Waals surface area (Å²) < 4.78 is 0. The van der Waals surface area contributed by atoms with E-state index in [2.05, 4.69) is 15.6 Å². The fourth-order valence-corrected chi connectivity index (χ4v) is 6.65. The molecular formula is C17H24N4S2. The van der Waals surface area contributed by atoms with Crippen molar-refractivity contribution < 1.29 is 0 Å². The first-order valence-corrected chi connectivity index (χ1v) is 10.9.